The molecule has 1 aromatic carbocycles. The molecule has 1 aliphatic carbocycles. The molecule has 0 bridgehead atoms. The molecule has 1 saturated carbocycles. The number of piperazine rings is 1. The first kappa shape index (κ1) is 19.0. The number of halogens is 4. The second-order valence-electron chi connectivity index (χ2n) is 6.76. The second-order valence-corrected chi connectivity index (χ2v) is 7.17. The molecular formula is C17H19ClF3N3O2. The van der Waals surface area contributed by atoms with E-state index in [2.05, 4.69) is 10.2 Å². The van der Waals surface area contributed by atoms with Crippen LogP contribution in [0.15, 0.2) is 18.2 Å². The van der Waals surface area contributed by atoms with E-state index < -0.39 is 28.6 Å². The summed E-state index contributed by atoms with van der Waals surface area (Å²) in [6.45, 7) is 2.85. The number of amides is 2. The lowest BCUT2D eigenvalue weighted by Crippen LogP contribution is -2.48. The Balaban J connectivity index is 1.59. The Hall–Kier alpha value is -1.80. The highest BCUT2D eigenvalue weighted by Gasteiger charge is 2.49. The fraction of sp³-hybridized carbons (Fsp3) is 0.529. The predicted octanol–water partition coefficient (Wildman–Crippen LogP) is 2.71. The number of likely N-dealkylation sites (N-methyl/N-ethyl adjacent to an activating group) is 1. The van der Waals surface area contributed by atoms with Crippen LogP contribution in [0.25, 0.3) is 0 Å². The maximum atomic E-state index is 12.9. The zero-order valence-electron chi connectivity index (χ0n) is 14.1. The lowest BCUT2D eigenvalue weighted by atomic mass is 10.2. The molecule has 1 saturated heterocycles. The van der Waals surface area contributed by atoms with Crippen molar-refractivity contribution in [1.29, 1.82) is 0 Å². The number of alkyl halides is 3. The van der Waals surface area contributed by atoms with Gasteiger partial charge in [-0.1, -0.05) is 11.6 Å². The molecule has 0 aromatic heterocycles. The van der Waals surface area contributed by atoms with Gasteiger partial charge in [-0.2, -0.15) is 13.2 Å². The fourth-order valence-electron chi connectivity index (χ4n) is 3.07. The van der Waals surface area contributed by atoms with E-state index in [4.69, 9.17) is 11.6 Å². The molecule has 142 valence electrons. The average Bonchev–Trinajstić information content (AvgIpc) is 3.36. The molecule has 1 N–H and O–H groups in total. The summed E-state index contributed by atoms with van der Waals surface area (Å²) >= 11 is 5.57. The van der Waals surface area contributed by atoms with Gasteiger partial charge < -0.3 is 15.1 Å². The van der Waals surface area contributed by atoms with Crippen molar-refractivity contribution >= 4 is 29.1 Å². The molecule has 1 heterocycles. The van der Waals surface area contributed by atoms with Crippen LogP contribution >= 0.6 is 11.6 Å². The van der Waals surface area contributed by atoms with Gasteiger partial charge in [-0.15, -0.1) is 0 Å². The molecule has 9 heteroatoms. The third kappa shape index (κ3) is 4.12. The number of hydrogen-bond donors (Lipinski definition) is 1. The Morgan fingerprint density at radius 3 is 2.42 bits per heavy atom. The van der Waals surface area contributed by atoms with Crippen LogP contribution in [0.4, 0.5) is 18.9 Å². The Kier molecular flexibility index (Phi) is 5.16. The Bertz CT molecular complexity index is 718. The van der Waals surface area contributed by atoms with Gasteiger partial charge in [0, 0.05) is 31.9 Å². The van der Waals surface area contributed by atoms with Gasteiger partial charge in [0.15, 0.2) is 0 Å². The van der Waals surface area contributed by atoms with Crippen LogP contribution in [0, 0.1) is 11.8 Å². The van der Waals surface area contributed by atoms with E-state index in [0.29, 0.717) is 19.5 Å². The van der Waals surface area contributed by atoms with Crippen molar-refractivity contribution in [2.45, 2.75) is 12.6 Å². The number of nitrogens with zero attached hydrogens (tertiary/aromatic N) is 2. The minimum absolute atomic E-state index is 0.0180. The molecule has 2 aliphatic rings. The molecule has 2 amide bonds. The number of carbonyl (C=O) groups is 2. The maximum Gasteiger partial charge on any atom is 0.417 e. The number of rotatable bonds is 3. The van der Waals surface area contributed by atoms with Crippen LogP contribution in [0.2, 0.25) is 5.02 Å². The van der Waals surface area contributed by atoms with Crippen LogP contribution in [0.1, 0.15) is 12.0 Å². The first-order valence-electron chi connectivity index (χ1n) is 8.32. The lowest BCUT2D eigenvalue weighted by Gasteiger charge is -2.32. The molecule has 3 rings (SSSR count). The molecule has 1 aromatic rings. The highest BCUT2D eigenvalue weighted by atomic mass is 35.5. The van der Waals surface area contributed by atoms with Crippen molar-refractivity contribution in [2.75, 3.05) is 38.5 Å². The van der Waals surface area contributed by atoms with Crippen LogP contribution in [-0.4, -0.2) is 54.8 Å². The summed E-state index contributed by atoms with van der Waals surface area (Å²) in [5.74, 6) is -1.36. The number of hydrogen-bond acceptors (Lipinski definition) is 3. The van der Waals surface area contributed by atoms with Gasteiger partial charge in [0.2, 0.25) is 11.8 Å². The van der Waals surface area contributed by atoms with Gasteiger partial charge in [-0.3, -0.25) is 9.59 Å². The summed E-state index contributed by atoms with van der Waals surface area (Å²) in [6, 6.07) is 3.22. The Morgan fingerprint density at radius 2 is 1.81 bits per heavy atom. The van der Waals surface area contributed by atoms with Gasteiger partial charge >= 0.3 is 6.18 Å². The Labute approximate surface area is 154 Å². The second kappa shape index (κ2) is 7.08. The summed E-state index contributed by atoms with van der Waals surface area (Å²) in [5.41, 5.74) is -0.984. The van der Waals surface area contributed by atoms with E-state index in [1.807, 2.05) is 7.05 Å². The standard InChI is InChI=1S/C17H19ClF3N3O2/c1-23-4-6-24(7-5-23)16(26)12-9-11(12)15(25)22-10-2-3-14(18)13(8-10)17(19,20)21/h2-3,8,11-12H,4-7,9H2,1H3,(H,22,25). The lowest BCUT2D eigenvalue weighted by molar-refractivity contribution is -0.137. The van der Waals surface area contributed by atoms with E-state index in [1.165, 1.54) is 6.07 Å². The monoisotopic (exact) mass is 389 g/mol. The van der Waals surface area contributed by atoms with Crippen molar-refractivity contribution in [3.8, 4) is 0 Å². The molecule has 2 atom stereocenters. The van der Waals surface area contributed by atoms with Crippen LogP contribution in [-0.2, 0) is 15.8 Å². The van der Waals surface area contributed by atoms with Crippen molar-refractivity contribution in [3.63, 3.8) is 0 Å². The van der Waals surface area contributed by atoms with E-state index >= 15 is 0 Å². The molecule has 26 heavy (non-hydrogen) atoms. The van der Waals surface area contributed by atoms with Crippen molar-refractivity contribution in [1.82, 2.24) is 9.80 Å². The van der Waals surface area contributed by atoms with Crippen molar-refractivity contribution < 1.29 is 22.8 Å². The molecule has 2 fully saturated rings. The SMILES string of the molecule is CN1CCN(C(=O)C2CC2C(=O)Nc2ccc(Cl)c(C(F)(F)F)c2)CC1. The summed E-state index contributed by atoms with van der Waals surface area (Å²) in [5, 5.41) is 2.04. The smallest absolute Gasteiger partial charge is 0.340 e. The minimum atomic E-state index is -4.60. The molecule has 1 aliphatic heterocycles. The van der Waals surface area contributed by atoms with Crippen molar-refractivity contribution in [3.05, 3.63) is 28.8 Å². The van der Waals surface area contributed by atoms with E-state index in [9.17, 15) is 22.8 Å². The van der Waals surface area contributed by atoms with E-state index in [-0.39, 0.29) is 17.5 Å². The summed E-state index contributed by atoms with van der Waals surface area (Å²) < 4.78 is 38.7. The zero-order chi connectivity index (χ0) is 19.1. The summed E-state index contributed by atoms with van der Waals surface area (Å²) in [6.07, 6.45) is -4.17. The van der Waals surface area contributed by atoms with Gasteiger partial charge in [-0.25, -0.2) is 0 Å². The highest BCUT2D eigenvalue weighted by Crippen LogP contribution is 2.41. The number of nitrogens with one attached hydrogen (secondary N) is 1. The fourth-order valence-corrected chi connectivity index (χ4v) is 3.30. The van der Waals surface area contributed by atoms with Crippen LogP contribution < -0.4 is 5.32 Å². The van der Waals surface area contributed by atoms with Gasteiger partial charge in [-0.05, 0) is 31.7 Å². The summed E-state index contributed by atoms with van der Waals surface area (Å²) in [4.78, 5) is 28.6. The number of carbonyl (C=O) groups excluding carboxylic acids is 2. The molecular weight excluding hydrogens is 371 g/mol. The van der Waals surface area contributed by atoms with Gasteiger partial charge in [0.25, 0.3) is 0 Å². The average molecular weight is 390 g/mol. The normalized spacial score (nSPS) is 23.7. The number of anilines is 1. The largest absolute Gasteiger partial charge is 0.417 e. The quantitative estimate of drug-likeness (QED) is 0.864. The molecule has 5 nitrogen and oxygen atoms in total. The van der Waals surface area contributed by atoms with Gasteiger partial charge in [0.05, 0.1) is 22.4 Å². The molecule has 0 spiro atoms. The van der Waals surface area contributed by atoms with E-state index in [1.54, 1.807) is 4.90 Å². The van der Waals surface area contributed by atoms with Gasteiger partial charge in [0.1, 0.15) is 0 Å². The molecule has 0 radical (unpaired) electrons. The predicted molar refractivity (Wildman–Crippen MR) is 90.8 cm³/mol. The third-order valence-corrected chi connectivity index (χ3v) is 5.13. The highest BCUT2D eigenvalue weighted by molar-refractivity contribution is 6.31. The summed E-state index contributed by atoms with van der Waals surface area (Å²) in [7, 11) is 1.98. The first-order valence-corrected chi connectivity index (χ1v) is 8.69. The van der Waals surface area contributed by atoms with Crippen LogP contribution in [0.5, 0.6) is 0 Å². The molecule has 2 unspecified atom stereocenters. The number of benzene rings is 1. The third-order valence-electron chi connectivity index (χ3n) is 4.80. The zero-order valence-corrected chi connectivity index (χ0v) is 14.9. The maximum absolute atomic E-state index is 12.9. The first-order chi connectivity index (χ1) is 12.2. The Morgan fingerprint density at radius 1 is 1.15 bits per heavy atom. The topological polar surface area (TPSA) is 52.7 Å². The van der Waals surface area contributed by atoms with Crippen molar-refractivity contribution in [2.24, 2.45) is 11.8 Å². The van der Waals surface area contributed by atoms with E-state index in [0.717, 1.165) is 25.2 Å². The van der Waals surface area contributed by atoms with Crippen LogP contribution in [0.3, 0.4) is 0 Å². The minimum Gasteiger partial charge on any atom is -0.340 e.